The summed E-state index contributed by atoms with van der Waals surface area (Å²) >= 11 is 0. The highest BCUT2D eigenvalue weighted by atomic mass is 32.2. The fourth-order valence-corrected chi connectivity index (χ4v) is 1.43. The average Bonchev–Trinajstić information content (AvgIpc) is 2.14. The van der Waals surface area contributed by atoms with Gasteiger partial charge in [-0.2, -0.15) is 0 Å². The van der Waals surface area contributed by atoms with Crippen molar-refractivity contribution in [3.63, 3.8) is 0 Å². The Morgan fingerprint density at radius 3 is 2.40 bits per heavy atom. The number of ether oxygens (including phenoxy) is 1. The van der Waals surface area contributed by atoms with Crippen molar-refractivity contribution in [2.75, 3.05) is 24.3 Å². The number of sulfone groups is 1. The molecule has 0 atom stereocenters. The lowest BCUT2D eigenvalue weighted by molar-refractivity contribution is 0.135. The SMILES string of the molecule is CS(=O)(=O)CCOCc1ccc(N)cc1. The number of nitrogen functional groups attached to an aromatic ring is 1. The molecule has 4 nitrogen and oxygen atoms in total. The molecule has 0 amide bonds. The Morgan fingerprint density at radius 1 is 1.27 bits per heavy atom. The molecule has 0 saturated heterocycles. The van der Waals surface area contributed by atoms with Gasteiger partial charge in [0.25, 0.3) is 0 Å². The van der Waals surface area contributed by atoms with Crippen LogP contribution in [0.2, 0.25) is 0 Å². The molecule has 1 aromatic rings. The minimum atomic E-state index is -2.93. The second-order valence-electron chi connectivity index (χ2n) is 3.42. The van der Waals surface area contributed by atoms with E-state index in [4.69, 9.17) is 10.5 Å². The maximum absolute atomic E-state index is 10.8. The van der Waals surface area contributed by atoms with Crippen molar-refractivity contribution in [2.24, 2.45) is 0 Å². The van der Waals surface area contributed by atoms with E-state index in [0.717, 1.165) is 5.56 Å². The molecule has 1 aromatic carbocycles. The molecule has 0 aromatic heterocycles. The van der Waals surface area contributed by atoms with E-state index in [0.29, 0.717) is 12.3 Å². The molecular formula is C10H15NO3S. The van der Waals surface area contributed by atoms with Crippen LogP contribution in [0.3, 0.4) is 0 Å². The zero-order valence-electron chi connectivity index (χ0n) is 8.64. The van der Waals surface area contributed by atoms with Crippen molar-refractivity contribution in [1.29, 1.82) is 0 Å². The molecule has 5 heteroatoms. The smallest absolute Gasteiger partial charge is 0.149 e. The Balaban J connectivity index is 2.29. The van der Waals surface area contributed by atoms with Crippen molar-refractivity contribution >= 4 is 15.5 Å². The Kier molecular flexibility index (Phi) is 4.11. The number of hydrogen-bond donors (Lipinski definition) is 1. The van der Waals surface area contributed by atoms with Gasteiger partial charge in [-0.25, -0.2) is 8.42 Å². The van der Waals surface area contributed by atoms with Crippen LogP contribution in [0, 0.1) is 0 Å². The monoisotopic (exact) mass is 229 g/mol. The lowest BCUT2D eigenvalue weighted by Gasteiger charge is -2.03. The topological polar surface area (TPSA) is 69.4 Å². The van der Waals surface area contributed by atoms with Crippen molar-refractivity contribution < 1.29 is 13.2 Å². The molecule has 1 rings (SSSR count). The predicted molar refractivity (Wildman–Crippen MR) is 60.2 cm³/mol. The summed E-state index contributed by atoms with van der Waals surface area (Å²) in [6, 6.07) is 7.29. The molecule has 0 heterocycles. The van der Waals surface area contributed by atoms with E-state index in [1.807, 2.05) is 12.1 Å². The fourth-order valence-electron chi connectivity index (χ4n) is 1.01. The van der Waals surface area contributed by atoms with E-state index < -0.39 is 9.84 Å². The van der Waals surface area contributed by atoms with Crippen molar-refractivity contribution in [3.05, 3.63) is 29.8 Å². The standard InChI is InChI=1S/C10H15NO3S/c1-15(12,13)7-6-14-8-9-2-4-10(11)5-3-9/h2-5H,6-8,11H2,1H3. The second-order valence-corrected chi connectivity index (χ2v) is 5.68. The first-order chi connectivity index (χ1) is 6.97. The Morgan fingerprint density at radius 2 is 1.87 bits per heavy atom. The van der Waals surface area contributed by atoms with Crippen LogP contribution in [0.25, 0.3) is 0 Å². The summed E-state index contributed by atoms with van der Waals surface area (Å²) in [6.45, 7) is 0.638. The quantitative estimate of drug-likeness (QED) is 0.599. The van der Waals surface area contributed by atoms with Crippen LogP contribution in [0.15, 0.2) is 24.3 Å². The minimum absolute atomic E-state index is 0.0575. The van der Waals surface area contributed by atoms with Gasteiger partial charge in [-0.3, -0.25) is 0 Å². The average molecular weight is 229 g/mol. The van der Waals surface area contributed by atoms with Gasteiger partial charge in [0.15, 0.2) is 0 Å². The highest BCUT2D eigenvalue weighted by Crippen LogP contribution is 2.06. The van der Waals surface area contributed by atoms with Crippen molar-refractivity contribution in [3.8, 4) is 0 Å². The van der Waals surface area contributed by atoms with Crippen LogP contribution < -0.4 is 5.73 Å². The summed E-state index contributed by atoms with van der Waals surface area (Å²) in [6.07, 6.45) is 1.19. The number of hydrogen-bond acceptors (Lipinski definition) is 4. The lowest BCUT2D eigenvalue weighted by Crippen LogP contribution is -2.09. The third-order valence-corrected chi connectivity index (χ3v) is 2.76. The molecule has 15 heavy (non-hydrogen) atoms. The fraction of sp³-hybridized carbons (Fsp3) is 0.400. The van der Waals surface area contributed by atoms with Crippen LogP contribution in [-0.4, -0.2) is 27.0 Å². The molecule has 0 spiro atoms. The molecule has 0 aliphatic carbocycles. The van der Waals surface area contributed by atoms with E-state index in [2.05, 4.69) is 0 Å². The Hall–Kier alpha value is -1.07. The van der Waals surface area contributed by atoms with E-state index in [1.54, 1.807) is 12.1 Å². The molecule has 0 fully saturated rings. The number of nitrogens with two attached hydrogens (primary N) is 1. The Labute approximate surface area is 90.0 Å². The van der Waals surface area contributed by atoms with Gasteiger partial charge in [0.2, 0.25) is 0 Å². The molecule has 0 bridgehead atoms. The molecule has 0 aliphatic rings. The third kappa shape index (κ3) is 5.39. The molecule has 0 unspecified atom stereocenters. The zero-order valence-corrected chi connectivity index (χ0v) is 9.46. The van der Waals surface area contributed by atoms with E-state index >= 15 is 0 Å². The van der Waals surface area contributed by atoms with E-state index in [1.165, 1.54) is 6.26 Å². The second kappa shape index (κ2) is 5.14. The van der Waals surface area contributed by atoms with Crippen LogP contribution in [0.5, 0.6) is 0 Å². The van der Waals surface area contributed by atoms with Gasteiger partial charge in [-0.15, -0.1) is 0 Å². The van der Waals surface area contributed by atoms with Crippen LogP contribution >= 0.6 is 0 Å². The number of anilines is 1. The summed E-state index contributed by atoms with van der Waals surface area (Å²) < 4.78 is 26.8. The minimum Gasteiger partial charge on any atom is -0.399 e. The van der Waals surface area contributed by atoms with Gasteiger partial charge in [0.05, 0.1) is 19.0 Å². The first kappa shape index (κ1) is 12.0. The van der Waals surface area contributed by atoms with E-state index in [-0.39, 0.29) is 12.4 Å². The van der Waals surface area contributed by atoms with Gasteiger partial charge in [0.1, 0.15) is 9.84 Å². The first-order valence-corrected chi connectivity index (χ1v) is 6.63. The summed E-state index contributed by atoms with van der Waals surface area (Å²) in [5, 5.41) is 0. The molecule has 2 N–H and O–H groups in total. The summed E-state index contributed by atoms with van der Waals surface area (Å²) in [7, 11) is -2.93. The first-order valence-electron chi connectivity index (χ1n) is 4.57. The van der Waals surface area contributed by atoms with Gasteiger partial charge < -0.3 is 10.5 Å². The normalized spacial score (nSPS) is 11.5. The number of benzene rings is 1. The van der Waals surface area contributed by atoms with Gasteiger partial charge in [-0.1, -0.05) is 12.1 Å². The van der Waals surface area contributed by atoms with Crippen molar-refractivity contribution in [2.45, 2.75) is 6.61 Å². The largest absolute Gasteiger partial charge is 0.399 e. The van der Waals surface area contributed by atoms with Crippen LogP contribution in [0.4, 0.5) is 5.69 Å². The summed E-state index contributed by atoms with van der Waals surface area (Å²) in [4.78, 5) is 0. The molecule has 0 radical (unpaired) electrons. The predicted octanol–water partition coefficient (Wildman–Crippen LogP) is 0.830. The van der Waals surface area contributed by atoms with E-state index in [9.17, 15) is 8.42 Å². The molecular weight excluding hydrogens is 214 g/mol. The summed E-state index contributed by atoms with van der Waals surface area (Å²) in [5.74, 6) is 0.0575. The Bertz CT molecular complexity index is 397. The third-order valence-electron chi connectivity index (χ3n) is 1.85. The van der Waals surface area contributed by atoms with Crippen molar-refractivity contribution in [1.82, 2.24) is 0 Å². The van der Waals surface area contributed by atoms with Gasteiger partial charge in [0, 0.05) is 11.9 Å². The maximum atomic E-state index is 10.8. The van der Waals surface area contributed by atoms with Gasteiger partial charge >= 0.3 is 0 Å². The summed E-state index contributed by atoms with van der Waals surface area (Å²) in [5.41, 5.74) is 7.21. The highest BCUT2D eigenvalue weighted by molar-refractivity contribution is 7.90. The highest BCUT2D eigenvalue weighted by Gasteiger charge is 2.01. The van der Waals surface area contributed by atoms with Crippen LogP contribution in [0.1, 0.15) is 5.56 Å². The lowest BCUT2D eigenvalue weighted by atomic mass is 10.2. The maximum Gasteiger partial charge on any atom is 0.149 e. The molecule has 84 valence electrons. The number of rotatable bonds is 5. The molecule has 0 aliphatic heterocycles. The van der Waals surface area contributed by atoms with Gasteiger partial charge in [-0.05, 0) is 17.7 Å². The zero-order chi connectivity index (χ0) is 11.3. The molecule has 0 saturated carbocycles. The van der Waals surface area contributed by atoms with Crippen LogP contribution in [-0.2, 0) is 21.2 Å².